The van der Waals surface area contributed by atoms with Crippen LogP contribution in [0.3, 0.4) is 0 Å². The molecule has 0 bridgehead atoms. The first-order valence-electron chi connectivity index (χ1n) is 8.98. The smallest absolute Gasteiger partial charge is 0.342 e. The molecule has 1 amide bonds. The molecular weight excluding hydrogens is 329 g/mol. The fraction of sp³-hybridized carbons (Fsp3) is 0.632. The Labute approximate surface area is 146 Å². The van der Waals surface area contributed by atoms with Gasteiger partial charge in [-0.2, -0.15) is 13.2 Å². The Morgan fingerprint density at radius 2 is 1.88 bits per heavy atom. The fourth-order valence-electron chi connectivity index (χ4n) is 4.18. The molecule has 1 unspecified atom stereocenters. The summed E-state index contributed by atoms with van der Waals surface area (Å²) in [5.41, 5.74) is 0.915. The minimum Gasteiger partial charge on any atom is -0.342 e. The normalized spacial score (nSPS) is 24.6. The molecule has 6 heteroatoms. The van der Waals surface area contributed by atoms with Crippen LogP contribution >= 0.6 is 0 Å². The first-order chi connectivity index (χ1) is 11.8. The zero-order chi connectivity index (χ0) is 18.1. The maximum Gasteiger partial charge on any atom is 0.393 e. The molecule has 1 aromatic rings. The number of likely N-dealkylation sites (tertiary alicyclic amines) is 2. The highest BCUT2D eigenvalue weighted by atomic mass is 19.4. The fourth-order valence-corrected chi connectivity index (χ4v) is 4.18. The molecule has 0 saturated carbocycles. The summed E-state index contributed by atoms with van der Waals surface area (Å²) in [5.74, 6) is 0.266. The standard InChI is InChI=1S/C19H25F3N2O/c1-2-8-24-10-7-18(17(24)25)6-9-23(14-18)13-16-5-3-4-15(11-16)12-19(20,21)22/h3-5,11H,2,6-10,12-14H2,1H3. The summed E-state index contributed by atoms with van der Waals surface area (Å²) < 4.78 is 37.7. The van der Waals surface area contributed by atoms with Crippen LogP contribution in [-0.2, 0) is 17.8 Å². The van der Waals surface area contributed by atoms with Gasteiger partial charge in [-0.05, 0) is 36.9 Å². The average Bonchev–Trinajstić information content (AvgIpc) is 3.06. The minimum atomic E-state index is -4.19. The first-order valence-corrected chi connectivity index (χ1v) is 8.98. The zero-order valence-corrected chi connectivity index (χ0v) is 14.6. The van der Waals surface area contributed by atoms with E-state index in [0.29, 0.717) is 12.1 Å². The average molecular weight is 354 g/mol. The topological polar surface area (TPSA) is 23.6 Å². The van der Waals surface area contributed by atoms with E-state index in [4.69, 9.17) is 0 Å². The van der Waals surface area contributed by atoms with Gasteiger partial charge in [0.15, 0.2) is 0 Å². The number of amides is 1. The largest absolute Gasteiger partial charge is 0.393 e. The number of carbonyl (C=O) groups excluding carboxylic acids is 1. The number of hydrogen-bond donors (Lipinski definition) is 0. The lowest BCUT2D eigenvalue weighted by Gasteiger charge is -2.23. The Hall–Kier alpha value is -1.56. The molecule has 2 heterocycles. The first kappa shape index (κ1) is 18.2. The van der Waals surface area contributed by atoms with Crippen molar-refractivity contribution >= 4 is 5.91 Å². The van der Waals surface area contributed by atoms with Gasteiger partial charge in [0, 0.05) is 26.2 Å². The van der Waals surface area contributed by atoms with Gasteiger partial charge in [0.25, 0.3) is 0 Å². The molecule has 2 saturated heterocycles. The molecule has 1 aromatic carbocycles. The number of hydrogen-bond acceptors (Lipinski definition) is 2. The molecule has 1 spiro atoms. The zero-order valence-electron chi connectivity index (χ0n) is 14.6. The molecule has 1 atom stereocenters. The molecule has 2 fully saturated rings. The maximum atomic E-state index is 12.7. The quantitative estimate of drug-likeness (QED) is 0.806. The van der Waals surface area contributed by atoms with Crippen molar-refractivity contribution in [3.05, 3.63) is 35.4 Å². The van der Waals surface area contributed by atoms with Crippen molar-refractivity contribution in [2.45, 2.75) is 45.3 Å². The molecule has 0 N–H and O–H groups in total. The van der Waals surface area contributed by atoms with Crippen LogP contribution in [0.5, 0.6) is 0 Å². The van der Waals surface area contributed by atoms with Crippen LogP contribution in [0.25, 0.3) is 0 Å². The van der Waals surface area contributed by atoms with Gasteiger partial charge in [-0.15, -0.1) is 0 Å². The molecule has 3 rings (SSSR count). The van der Waals surface area contributed by atoms with Crippen LogP contribution in [0.15, 0.2) is 24.3 Å². The van der Waals surface area contributed by atoms with Crippen LogP contribution < -0.4 is 0 Å². The summed E-state index contributed by atoms with van der Waals surface area (Å²) in [4.78, 5) is 16.9. The van der Waals surface area contributed by atoms with E-state index in [2.05, 4.69) is 11.8 Å². The second-order valence-electron chi connectivity index (χ2n) is 7.40. The summed E-state index contributed by atoms with van der Waals surface area (Å²) in [7, 11) is 0. The van der Waals surface area contributed by atoms with Crippen LogP contribution in [0, 0.1) is 5.41 Å². The second kappa shape index (κ2) is 6.98. The summed E-state index contributed by atoms with van der Waals surface area (Å²) >= 11 is 0. The van der Waals surface area contributed by atoms with Crippen molar-refractivity contribution in [1.29, 1.82) is 0 Å². The molecular formula is C19H25F3N2O. The van der Waals surface area contributed by atoms with E-state index in [1.807, 2.05) is 11.0 Å². The van der Waals surface area contributed by atoms with Crippen molar-refractivity contribution in [2.75, 3.05) is 26.2 Å². The Morgan fingerprint density at radius 3 is 2.60 bits per heavy atom. The third-order valence-corrected chi connectivity index (χ3v) is 5.33. The van der Waals surface area contributed by atoms with E-state index >= 15 is 0 Å². The van der Waals surface area contributed by atoms with Crippen LogP contribution in [0.1, 0.15) is 37.3 Å². The summed E-state index contributed by atoms with van der Waals surface area (Å²) in [5, 5.41) is 0. The molecule has 0 aliphatic carbocycles. The Kier molecular flexibility index (Phi) is 5.09. The minimum absolute atomic E-state index is 0.265. The van der Waals surface area contributed by atoms with Crippen molar-refractivity contribution in [3.63, 3.8) is 0 Å². The highest BCUT2D eigenvalue weighted by molar-refractivity contribution is 5.85. The highest BCUT2D eigenvalue weighted by Crippen LogP contribution is 2.41. The Bertz CT molecular complexity index is 631. The lowest BCUT2D eigenvalue weighted by Crippen LogP contribution is -2.37. The van der Waals surface area contributed by atoms with E-state index < -0.39 is 12.6 Å². The number of nitrogens with zero attached hydrogens (tertiary/aromatic N) is 2. The summed E-state index contributed by atoms with van der Waals surface area (Å²) in [6.45, 7) is 5.88. The molecule has 2 aliphatic rings. The van der Waals surface area contributed by atoms with Crippen LogP contribution in [0.4, 0.5) is 13.2 Å². The summed E-state index contributed by atoms with van der Waals surface area (Å²) in [6, 6.07) is 6.71. The number of rotatable bonds is 5. The lowest BCUT2D eigenvalue weighted by atomic mass is 9.85. The highest BCUT2D eigenvalue weighted by Gasteiger charge is 2.50. The van der Waals surface area contributed by atoms with Crippen LogP contribution in [0.2, 0.25) is 0 Å². The van der Waals surface area contributed by atoms with Gasteiger partial charge in [-0.1, -0.05) is 31.2 Å². The monoisotopic (exact) mass is 354 g/mol. The van der Waals surface area contributed by atoms with Gasteiger partial charge in [0.05, 0.1) is 11.8 Å². The van der Waals surface area contributed by atoms with E-state index in [-0.39, 0.29) is 11.3 Å². The van der Waals surface area contributed by atoms with E-state index in [0.717, 1.165) is 51.0 Å². The van der Waals surface area contributed by atoms with Gasteiger partial charge < -0.3 is 4.90 Å². The Balaban J connectivity index is 1.62. The predicted octanol–water partition coefficient (Wildman–Crippen LogP) is 3.63. The van der Waals surface area contributed by atoms with Crippen LogP contribution in [-0.4, -0.2) is 48.1 Å². The number of halogens is 3. The number of benzene rings is 1. The van der Waals surface area contributed by atoms with Crippen molar-refractivity contribution in [1.82, 2.24) is 9.80 Å². The lowest BCUT2D eigenvalue weighted by molar-refractivity contribution is -0.135. The third-order valence-electron chi connectivity index (χ3n) is 5.33. The summed E-state index contributed by atoms with van der Waals surface area (Å²) in [6.07, 6.45) is -2.35. The third kappa shape index (κ3) is 4.17. The van der Waals surface area contributed by atoms with Crippen molar-refractivity contribution in [3.8, 4) is 0 Å². The van der Waals surface area contributed by atoms with Gasteiger partial charge >= 0.3 is 6.18 Å². The molecule has 25 heavy (non-hydrogen) atoms. The molecule has 3 nitrogen and oxygen atoms in total. The number of alkyl halides is 3. The van der Waals surface area contributed by atoms with Gasteiger partial charge in [-0.25, -0.2) is 0 Å². The van der Waals surface area contributed by atoms with Gasteiger partial charge in [0.1, 0.15) is 0 Å². The molecule has 0 aromatic heterocycles. The van der Waals surface area contributed by atoms with Crippen molar-refractivity contribution in [2.24, 2.45) is 5.41 Å². The molecule has 2 aliphatic heterocycles. The van der Waals surface area contributed by atoms with E-state index in [1.165, 1.54) is 6.07 Å². The van der Waals surface area contributed by atoms with Gasteiger partial charge in [-0.3, -0.25) is 9.69 Å². The SMILES string of the molecule is CCCN1CCC2(CCN(Cc3cccc(CC(F)(F)F)c3)C2)C1=O. The predicted molar refractivity (Wildman–Crippen MR) is 90.0 cm³/mol. The second-order valence-corrected chi connectivity index (χ2v) is 7.40. The molecule has 0 radical (unpaired) electrons. The van der Waals surface area contributed by atoms with Gasteiger partial charge in [0.2, 0.25) is 5.91 Å². The van der Waals surface area contributed by atoms with Crippen molar-refractivity contribution < 1.29 is 18.0 Å². The molecule has 138 valence electrons. The number of carbonyl (C=O) groups is 1. The Morgan fingerprint density at radius 1 is 1.16 bits per heavy atom. The van der Waals surface area contributed by atoms with E-state index in [1.54, 1.807) is 12.1 Å². The van der Waals surface area contributed by atoms with E-state index in [9.17, 15) is 18.0 Å². The maximum absolute atomic E-state index is 12.7.